The molecule has 4 heteroatoms. The summed E-state index contributed by atoms with van der Waals surface area (Å²) in [5.74, 6) is -0.331. The van der Waals surface area contributed by atoms with Gasteiger partial charge in [0.05, 0.1) is 0 Å². The Balaban J connectivity index is 1.99. The van der Waals surface area contributed by atoms with Gasteiger partial charge in [0.1, 0.15) is 0 Å². The monoisotopic (exact) mass is 311 g/mol. The van der Waals surface area contributed by atoms with Crippen molar-refractivity contribution < 1.29 is 9.90 Å². The predicted octanol–water partition coefficient (Wildman–Crippen LogP) is 3.45. The van der Waals surface area contributed by atoms with Gasteiger partial charge >= 0.3 is 5.97 Å². The Morgan fingerprint density at radius 2 is 2.11 bits per heavy atom. The number of rotatable bonds is 3. The second-order valence-electron chi connectivity index (χ2n) is 4.96. The first-order valence-electron chi connectivity index (χ1n) is 6.29. The van der Waals surface area contributed by atoms with E-state index in [9.17, 15) is 4.79 Å². The summed E-state index contributed by atoms with van der Waals surface area (Å²) in [5, 5.41) is 8.80. The van der Waals surface area contributed by atoms with Crippen molar-refractivity contribution in [3.63, 3.8) is 0 Å². The van der Waals surface area contributed by atoms with Crippen LogP contribution >= 0.6 is 15.9 Å². The summed E-state index contributed by atoms with van der Waals surface area (Å²) in [6.07, 6.45) is 2.26. The molecule has 18 heavy (non-hydrogen) atoms. The van der Waals surface area contributed by atoms with Gasteiger partial charge in [-0.1, -0.05) is 15.9 Å². The standard InChI is InChI=1S/C14H18BrNO2/c1-10-8-12(15)2-3-13(10)16-6-4-11(5-7-16)9-14(17)18/h2-3,8,11H,4-7,9H2,1H3,(H,17,18). The third kappa shape index (κ3) is 3.25. The van der Waals surface area contributed by atoms with E-state index >= 15 is 0 Å². The van der Waals surface area contributed by atoms with Gasteiger partial charge in [-0.05, 0) is 49.4 Å². The van der Waals surface area contributed by atoms with Gasteiger partial charge in [0.15, 0.2) is 0 Å². The zero-order chi connectivity index (χ0) is 13.1. The van der Waals surface area contributed by atoms with Gasteiger partial charge in [-0.3, -0.25) is 4.79 Å². The molecule has 0 bridgehead atoms. The van der Waals surface area contributed by atoms with Gasteiger partial charge in [0.25, 0.3) is 0 Å². The lowest BCUT2D eigenvalue weighted by Crippen LogP contribution is -2.34. The minimum atomic E-state index is -0.673. The normalized spacial score (nSPS) is 16.9. The first-order valence-corrected chi connectivity index (χ1v) is 7.08. The SMILES string of the molecule is Cc1cc(Br)ccc1N1CCC(CC(=O)O)CC1. The number of aryl methyl sites for hydroxylation is 1. The number of aliphatic carboxylic acids is 1. The number of carboxylic acid groups (broad SMARTS) is 1. The molecule has 0 saturated carbocycles. The van der Waals surface area contributed by atoms with E-state index in [4.69, 9.17) is 5.11 Å². The smallest absolute Gasteiger partial charge is 0.303 e. The molecule has 0 unspecified atom stereocenters. The molecule has 3 nitrogen and oxygen atoms in total. The number of anilines is 1. The molecule has 0 atom stereocenters. The van der Waals surface area contributed by atoms with Crippen LogP contribution in [0.25, 0.3) is 0 Å². The number of hydrogen-bond donors (Lipinski definition) is 1. The zero-order valence-electron chi connectivity index (χ0n) is 10.5. The van der Waals surface area contributed by atoms with Crippen LogP contribution in [-0.4, -0.2) is 24.2 Å². The molecule has 0 spiro atoms. The van der Waals surface area contributed by atoms with Gasteiger partial charge < -0.3 is 10.0 Å². The Bertz CT molecular complexity index is 439. The largest absolute Gasteiger partial charge is 0.481 e. The number of carbonyl (C=O) groups is 1. The van der Waals surface area contributed by atoms with Crippen molar-refractivity contribution in [3.05, 3.63) is 28.2 Å². The molecule has 0 aromatic heterocycles. The highest BCUT2D eigenvalue weighted by Crippen LogP contribution is 2.29. The molecule has 1 N–H and O–H groups in total. The van der Waals surface area contributed by atoms with Crippen LogP contribution in [0.1, 0.15) is 24.8 Å². The molecule has 0 radical (unpaired) electrons. The van der Waals surface area contributed by atoms with E-state index in [1.807, 2.05) is 0 Å². The van der Waals surface area contributed by atoms with Gasteiger partial charge in [-0.25, -0.2) is 0 Å². The summed E-state index contributed by atoms with van der Waals surface area (Å²) in [5.41, 5.74) is 2.54. The molecule has 1 heterocycles. The third-order valence-corrected chi connectivity index (χ3v) is 4.07. The molecule has 1 aliphatic rings. The van der Waals surface area contributed by atoms with Crippen LogP contribution in [0.15, 0.2) is 22.7 Å². The van der Waals surface area contributed by atoms with Crippen molar-refractivity contribution in [1.29, 1.82) is 0 Å². The fourth-order valence-electron chi connectivity index (χ4n) is 2.60. The molecule has 1 aliphatic heterocycles. The quantitative estimate of drug-likeness (QED) is 0.929. The van der Waals surface area contributed by atoms with Crippen LogP contribution in [0.2, 0.25) is 0 Å². The first kappa shape index (κ1) is 13.4. The van der Waals surface area contributed by atoms with Crippen LogP contribution in [-0.2, 0) is 4.79 Å². The highest BCUT2D eigenvalue weighted by molar-refractivity contribution is 9.10. The molecule has 1 fully saturated rings. The minimum absolute atomic E-state index is 0.313. The molecule has 0 aliphatic carbocycles. The summed E-state index contributed by atoms with van der Waals surface area (Å²) in [6.45, 7) is 4.03. The molecule has 2 rings (SSSR count). The summed E-state index contributed by atoms with van der Waals surface area (Å²) >= 11 is 3.47. The van der Waals surface area contributed by atoms with E-state index in [1.54, 1.807) is 0 Å². The van der Waals surface area contributed by atoms with Gasteiger partial charge in [0.2, 0.25) is 0 Å². The van der Waals surface area contributed by atoms with E-state index in [1.165, 1.54) is 11.3 Å². The van der Waals surface area contributed by atoms with E-state index in [0.717, 1.165) is 30.4 Å². The average Bonchev–Trinajstić information content (AvgIpc) is 2.30. The van der Waals surface area contributed by atoms with E-state index in [2.05, 4.69) is 46.0 Å². The number of carboxylic acids is 1. The van der Waals surface area contributed by atoms with Crippen molar-refractivity contribution >= 4 is 27.6 Å². The number of hydrogen-bond acceptors (Lipinski definition) is 2. The number of benzene rings is 1. The maximum Gasteiger partial charge on any atom is 0.303 e. The van der Waals surface area contributed by atoms with Gasteiger partial charge in [-0.2, -0.15) is 0 Å². The second kappa shape index (κ2) is 5.74. The van der Waals surface area contributed by atoms with Crippen LogP contribution < -0.4 is 4.90 Å². The molecule has 1 saturated heterocycles. The number of piperidine rings is 1. The topological polar surface area (TPSA) is 40.5 Å². The van der Waals surface area contributed by atoms with Gasteiger partial charge in [0, 0.05) is 29.7 Å². The summed E-state index contributed by atoms with van der Waals surface area (Å²) in [4.78, 5) is 13.1. The first-order chi connectivity index (χ1) is 8.56. The molecule has 98 valence electrons. The molecule has 1 aromatic carbocycles. The van der Waals surface area contributed by atoms with Crippen LogP contribution in [0, 0.1) is 12.8 Å². The Kier molecular flexibility index (Phi) is 4.27. The zero-order valence-corrected chi connectivity index (χ0v) is 12.1. The highest BCUT2D eigenvalue weighted by Gasteiger charge is 2.22. The van der Waals surface area contributed by atoms with Crippen molar-refractivity contribution in [2.45, 2.75) is 26.2 Å². The lowest BCUT2D eigenvalue weighted by atomic mass is 9.93. The fraction of sp³-hybridized carbons (Fsp3) is 0.500. The Morgan fingerprint density at radius 1 is 1.44 bits per heavy atom. The Labute approximate surface area is 116 Å². The third-order valence-electron chi connectivity index (χ3n) is 3.58. The predicted molar refractivity (Wildman–Crippen MR) is 76.1 cm³/mol. The van der Waals surface area contributed by atoms with Gasteiger partial charge in [-0.15, -0.1) is 0 Å². The molecule has 1 aromatic rings. The van der Waals surface area contributed by atoms with Crippen LogP contribution in [0.5, 0.6) is 0 Å². The molecular formula is C14H18BrNO2. The van der Waals surface area contributed by atoms with E-state index in [-0.39, 0.29) is 0 Å². The average molecular weight is 312 g/mol. The summed E-state index contributed by atoms with van der Waals surface area (Å²) in [6, 6.07) is 6.32. The number of halogens is 1. The summed E-state index contributed by atoms with van der Waals surface area (Å²) < 4.78 is 1.10. The molecular weight excluding hydrogens is 294 g/mol. The second-order valence-corrected chi connectivity index (χ2v) is 5.87. The summed E-state index contributed by atoms with van der Waals surface area (Å²) in [7, 11) is 0. The van der Waals surface area contributed by atoms with Crippen molar-refractivity contribution in [2.75, 3.05) is 18.0 Å². The lowest BCUT2D eigenvalue weighted by molar-refractivity contribution is -0.138. The van der Waals surface area contributed by atoms with Crippen molar-refractivity contribution in [2.24, 2.45) is 5.92 Å². The lowest BCUT2D eigenvalue weighted by Gasteiger charge is -2.34. The number of nitrogens with zero attached hydrogens (tertiary/aromatic N) is 1. The van der Waals surface area contributed by atoms with Crippen LogP contribution in [0.4, 0.5) is 5.69 Å². The van der Waals surface area contributed by atoms with E-state index < -0.39 is 5.97 Å². The van der Waals surface area contributed by atoms with Crippen LogP contribution in [0.3, 0.4) is 0 Å². The fourth-order valence-corrected chi connectivity index (χ4v) is 3.07. The minimum Gasteiger partial charge on any atom is -0.481 e. The highest BCUT2D eigenvalue weighted by atomic mass is 79.9. The maximum atomic E-state index is 10.7. The maximum absolute atomic E-state index is 10.7. The van der Waals surface area contributed by atoms with Crippen molar-refractivity contribution in [3.8, 4) is 0 Å². The molecule has 0 amide bonds. The van der Waals surface area contributed by atoms with Crippen molar-refractivity contribution in [1.82, 2.24) is 0 Å². The van der Waals surface area contributed by atoms with E-state index in [0.29, 0.717) is 12.3 Å². The Hall–Kier alpha value is -1.03. The Morgan fingerprint density at radius 3 is 2.67 bits per heavy atom.